The van der Waals surface area contributed by atoms with E-state index in [2.05, 4.69) is 42.1 Å². The molecule has 2 aromatic rings. The van der Waals surface area contributed by atoms with Crippen LogP contribution in [-0.2, 0) is 0 Å². The minimum Gasteiger partial charge on any atom is -0.251 e. The van der Waals surface area contributed by atoms with Crippen molar-refractivity contribution in [3.8, 4) is 0 Å². The van der Waals surface area contributed by atoms with E-state index in [0.29, 0.717) is 0 Å². The van der Waals surface area contributed by atoms with Crippen molar-refractivity contribution >= 4 is 78.9 Å². The molecule has 0 aromatic carbocycles. The first-order chi connectivity index (χ1) is 7.19. The summed E-state index contributed by atoms with van der Waals surface area (Å²) in [5.41, 5.74) is 2.07. The van der Waals surface area contributed by atoms with Gasteiger partial charge in [-0.1, -0.05) is 0 Å². The van der Waals surface area contributed by atoms with Gasteiger partial charge in [0.25, 0.3) is 0 Å². The summed E-state index contributed by atoms with van der Waals surface area (Å²) in [5, 5.41) is 2.09. The molecule has 0 amide bonds. The van der Waals surface area contributed by atoms with Crippen molar-refractivity contribution < 1.29 is 0 Å². The number of hydrogen-bond donors (Lipinski definition) is 0. The molecule has 0 bridgehead atoms. The summed E-state index contributed by atoms with van der Waals surface area (Å²) in [6.45, 7) is 2.03. The molecule has 15 heavy (non-hydrogen) atoms. The lowest BCUT2D eigenvalue weighted by atomic mass is 10.2. The Morgan fingerprint density at radius 2 is 2.33 bits per heavy atom. The van der Waals surface area contributed by atoms with Crippen LogP contribution in [0.3, 0.4) is 0 Å². The second-order valence-corrected chi connectivity index (χ2v) is 6.43. The van der Waals surface area contributed by atoms with E-state index in [-0.39, 0.29) is 0 Å². The first-order valence-electron chi connectivity index (χ1n) is 3.93. The van der Waals surface area contributed by atoms with Gasteiger partial charge in [-0.3, -0.25) is 3.97 Å². The largest absolute Gasteiger partial charge is 0.251 e. The van der Waals surface area contributed by atoms with E-state index < -0.39 is 0 Å². The van der Waals surface area contributed by atoms with Gasteiger partial charge in [0.15, 0.2) is 5.65 Å². The van der Waals surface area contributed by atoms with Crippen LogP contribution in [0.15, 0.2) is 21.8 Å². The monoisotopic (exact) mass is 434 g/mol. The Hall–Kier alpha value is 0.890. The van der Waals surface area contributed by atoms with Crippen molar-refractivity contribution in [2.45, 2.75) is 11.9 Å². The standard InChI is InChI=1S/C8H5BrClIN2S2/c1-4-3-12-8-5(7(4)9)2-6(14-10)13(8)15-11/h2-3H,1H3. The molecule has 0 aliphatic carbocycles. The van der Waals surface area contributed by atoms with Gasteiger partial charge >= 0.3 is 0 Å². The number of rotatable bonds is 2. The zero-order valence-corrected chi connectivity index (χ0v) is 13.6. The zero-order chi connectivity index (χ0) is 11.0. The van der Waals surface area contributed by atoms with Crippen molar-refractivity contribution in [2.24, 2.45) is 0 Å². The SMILES string of the molecule is Cc1cnc2c(cc(SCl)n2SI)c1Br. The van der Waals surface area contributed by atoms with Gasteiger partial charge in [-0.25, -0.2) is 4.98 Å². The highest BCUT2D eigenvalue weighted by atomic mass is 127. The highest BCUT2D eigenvalue weighted by molar-refractivity contribution is 14.2. The van der Waals surface area contributed by atoms with Gasteiger partial charge in [0.05, 0.1) is 0 Å². The third-order valence-corrected chi connectivity index (χ3v) is 5.80. The quantitative estimate of drug-likeness (QED) is 0.604. The summed E-state index contributed by atoms with van der Waals surface area (Å²) in [7, 11) is 8.59. The van der Waals surface area contributed by atoms with Crippen LogP contribution in [0.4, 0.5) is 0 Å². The Labute approximate surface area is 121 Å². The predicted octanol–water partition coefficient (Wildman–Crippen LogP) is 5.20. The Kier molecular flexibility index (Phi) is 4.14. The van der Waals surface area contributed by atoms with E-state index in [9.17, 15) is 0 Å². The molecule has 2 aromatic heterocycles. The second-order valence-electron chi connectivity index (χ2n) is 2.92. The average Bonchev–Trinajstić information content (AvgIpc) is 2.61. The summed E-state index contributed by atoms with van der Waals surface area (Å²) in [5.74, 6) is 0. The average molecular weight is 436 g/mol. The number of pyridine rings is 1. The molecule has 0 fully saturated rings. The molecule has 0 atom stereocenters. The third-order valence-electron chi connectivity index (χ3n) is 2.01. The topological polar surface area (TPSA) is 17.8 Å². The van der Waals surface area contributed by atoms with Gasteiger partial charge in [0, 0.05) is 57.4 Å². The van der Waals surface area contributed by atoms with Crippen molar-refractivity contribution in [3.05, 3.63) is 22.3 Å². The molecule has 0 aliphatic heterocycles. The third kappa shape index (κ3) is 2.15. The lowest BCUT2D eigenvalue weighted by molar-refractivity contribution is 1.13. The number of nitrogens with zero attached hydrogens (tertiary/aromatic N) is 2. The second kappa shape index (κ2) is 5.03. The minimum absolute atomic E-state index is 0.940. The van der Waals surface area contributed by atoms with Gasteiger partial charge in [-0.2, -0.15) is 0 Å². The Morgan fingerprint density at radius 1 is 1.60 bits per heavy atom. The van der Waals surface area contributed by atoms with E-state index >= 15 is 0 Å². The highest BCUT2D eigenvalue weighted by Crippen LogP contribution is 2.37. The molecule has 0 unspecified atom stereocenters. The molecule has 2 nitrogen and oxygen atoms in total. The number of hydrogen-bond acceptors (Lipinski definition) is 3. The molecule has 0 saturated heterocycles. The first kappa shape index (κ1) is 12.3. The molecule has 2 heterocycles. The maximum Gasteiger partial charge on any atom is 0.152 e. The first-order valence-corrected chi connectivity index (χ1v) is 9.68. The maximum atomic E-state index is 5.81. The van der Waals surface area contributed by atoms with E-state index in [1.54, 1.807) is 9.12 Å². The van der Waals surface area contributed by atoms with Gasteiger partial charge in [-0.05, 0) is 45.2 Å². The van der Waals surface area contributed by atoms with Gasteiger partial charge in [-0.15, -0.1) is 0 Å². The molecular formula is C8H5BrClIN2S2. The molecule has 7 heteroatoms. The van der Waals surface area contributed by atoms with Gasteiger partial charge < -0.3 is 0 Å². The number of aryl methyl sites for hydroxylation is 1. The van der Waals surface area contributed by atoms with E-state index in [1.165, 1.54) is 11.0 Å². The lowest BCUT2D eigenvalue weighted by Gasteiger charge is -2.01. The Bertz CT molecular complexity index is 517. The zero-order valence-electron chi connectivity index (χ0n) is 7.50. The molecular weight excluding hydrogens is 430 g/mol. The minimum atomic E-state index is 0.940. The number of fused-ring (bicyclic) bond motifs is 1. The molecule has 2 rings (SSSR count). The van der Waals surface area contributed by atoms with Crippen LogP contribution in [0.1, 0.15) is 5.56 Å². The van der Waals surface area contributed by atoms with Crippen LogP contribution in [0.5, 0.6) is 0 Å². The van der Waals surface area contributed by atoms with Crippen molar-refractivity contribution in [2.75, 3.05) is 0 Å². The normalized spacial score (nSPS) is 11.2. The van der Waals surface area contributed by atoms with E-state index in [0.717, 1.165) is 26.1 Å². The summed E-state index contributed by atoms with van der Waals surface area (Å²) < 4.78 is 3.10. The van der Waals surface area contributed by atoms with Crippen molar-refractivity contribution in [1.82, 2.24) is 8.96 Å². The number of aromatic nitrogens is 2. The summed E-state index contributed by atoms with van der Waals surface area (Å²) in [6.07, 6.45) is 1.86. The smallest absolute Gasteiger partial charge is 0.152 e. The van der Waals surface area contributed by atoms with Gasteiger partial charge in [0.1, 0.15) is 5.03 Å². The molecule has 80 valence electrons. The fraction of sp³-hybridized carbons (Fsp3) is 0.125. The van der Waals surface area contributed by atoms with E-state index in [1.807, 2.05) is 23.2 Å². The summed E-state index contributed by atoms with van der Waals surface area (Å²) in [4.78, 5) is 4.42. The molecule has 0 spiro atoms. The van der Waals surface area contributed by atoms with Crippen molar-refractivity contribution in [1.29, 1.82) is 0 Å². The summed E-state index contributed by atoms with van der Waals surface area (Å²) in [6, 6.07) is 2.04. The molecule has 0 aliphatic rings. The van der Waals surface area contributed by atoms with Gasteiger partial charge in [0.2, 0.25) is 0 Å². The van der Waals surface area contributed by atoms with Crippen LogP contribution in [0, 0.1) is 6.92 Å². The van der Waals surface area contributed by atoms with Crippen LogP contribution in [0.2, 0.25) is 0 Å². The van der Waals surface area contributed by atoms with Crippen LogP contribution >= 0.6 is 67.9 Å². The molecule has 0 N–H and O–H groups in total. The predicted molar refractivity (Wildman–Crippen MR) is 80.9 cm³/mol. The fourth-order valence-electron chi connectivity index (χ4n) is 1.29. The molecule has 0 radical (unpaired) electrons. The fourth-order valence-corrected chi connectivity index (χ4v) is 4.61. The van der Waals surface area contributed by atoms with Crippen LogP contribution in [0.25, 0.3) is 11.0 Å². The highest BCUT2D eigenvalue weighted by Gasteiger charge is 2.13. The number of halogens is 3. The van der Waals surface area contributed by atoms with E-state index in [4.69, 9.17) is 10.7 Å². The summed E-state index contributed by atoms with van der Waals surface area (Å²) >= 11 is 5.79. The maximum absolute atomic E-state index is 5.81. The Balaban J connectivity index is 2.82. The molecule has 0 saturated carbocycles. The van der Waals surface area contributed by atoms with Crippen LogP contribution < -0.4 is 0 Å². The van der Waals surface area contributed by atoms with Crippen molar-refractivity contribution in [3.63, 3.8) is 0 Å². The van der Waals surface area contributed by atoms with Crippen LogP contribution in [-0.4, -0.2) is 8.96 Å². The Morgan fingerprint density at radius 3 is 2.93 bits per heavy atom. The lowest BCUT2D eigenvalue weighted by Crippen LogP contribution is -1.87.